The van der Waals surface area contributed by atoms with Gasteiger partial charge in [-0.05, 0) is 25.8 Å². The van der Waals surface area contributed by atoms with Crippen LogP contribution in [0.5, 0.6) is 0 Å². The number of hydrogen-bond donors (Lipinski definition) is 1. The summed E-state index contributed by atoms with van der Waals surface area (Å²) >= 11 is 1.13. The minimum Gasteiger partial charge on any atom is -0.480 e. The Kier molecular flexibility index (Phi) is 4.68. The number of aliphatic carboxylic acids is 1. The van der Waals surface area contributed by atoms with Crippen LogP contribution in [0.25, 0.3) is 0 Å². The van der Waals surface area contributed by atoms with E-state index in [9.17, 15) is 9.90 Å². The lowest BCUT2D eigenvalue weighted by molar-refractivity contribution is -0.136. The molecule has 0 aliphatic carbocycles. The molecular formula is C14H15N3O2S. The van der Waals surface area contributed by atoms with Crippen molar-refractivity contribution in [3.05, 3.63) is 47.3 Å². The zero-order valence-electron chi connectivity index (χ0n) is 11.3. The molecule has 2 aromatic rings. The van der Waals surface area contributed by atoms with Crippen LogP contribution in [-0.4, -0.2) is 31.5 Å². The van der Waals surface area contributed by atoms with E-state index >= 15 is 0 Å². The largest absolute Gasteiger partial charge is 0.480 e. The first kappa shape index (κ1) is 14.5. The second-order valence-electron chi connectivity index (χ2n) is 4.40. The molecule has 0 radical (unpaired) electrons. The Hall–Kier alpha value is -1.95. The van der Waals surface area contributed by atoms with Gasteiger partial charge in [0.2, 0.25) is 5.16 Å². The molecule has 20 heavy (non-hydrogen) atoms. The predicted molar refractivity (Wildman–Crippen MR) is 76.7 cm³/mol. The Balaban J connectivity index is 2.13. The van der Waals surface area contributed by atoms with Gasteiger partial charge in [0.1, 0.15) is 5.25 Å². The van der Waals surface area contributed by atoms with Crippen LogP contribution in [-0.2, 0) is 11.2 Å². The smallest absolute Gasteiger partial charge is 0.317 e. The number of aryl methyl sites for hydroxylation is 2. The fraction of sp³-hybridized carbons (Fsp3) is 0.286. The van der Waals surface area contributed by atoms with E-state index in [4.69, 9.17) is 0 Å². The zero-order chi connectivity index (χ0) is 14.5. The van der Waals surface area contributed by atoms with Crippen molar-refractivity contribution < 1.29 is 9.90 Å². The number of aromatic nitrogens is 3. The van der Waals surface area contributed by atoms with E-state index in [0.717, 1.165) is 28.7 Å². The normalized spacial score (nSPS) is 12.1. The van der Waals surface area contributed by atoms with Crippen LogP contribution in [0.3, 0.4) is 0 Å². The standard InChI is InChI=1S/C14H15N3O2S/c1-9-10(2)16-17-14(15-9)20-12(13(18)19)8-11-6-4-3-5-7-11/h3-7,12H,8H2,1-2H3,(H,18,19). The van der Waals surface area contributed by atoms with Crippen molar-refractivity contribution in [2.24, 2.45) is 0 Å². The Labute approximate surface area is 121 Å². The molecule has 1 aromatic carbocycles. The van der Waals surface area contributed by atoms with Crippen LogP contribution < -0.4 is 0 Å². The van der Waals surface area contributed by atoms with Gasteiger partial charge in [-0.2, -0.15) is 5.10 Å². The van der Waals surface area contributed by atoms with Crippen molar-refractivity contribution >= 4 is 17.7 Å². The van der Waals surface area contributed by atoms with Crippen molar-refractivity contribution in [3.63, 3.8) is 0 Å². The molecular weight excluding hydrogens is 274 g/mol. The molecule has 0 fully saturated rings. The lowest BCUT2D eigenvalue weighted by Crippen LogP contribution is -2.20. The Morgan fingerprint density at radius 3 is 2.50 bits per heavy atom. The molecule has 6 heteroatoms. The number of carbonyl (C=O) groups is 1. The van der Waals surface area contributed by atoms with Gasteiger partial charge in [-0.25, -0.2) is 4.98 Å². The van der Waals surface area contributed by atoms with Crippen molar-refractivity contribution in [2.45, 2.75) is 30.7 Å². The summed E-state index contributed by atoms with van der Waals surface area (Å²) in [4.78, 5) is 15.6. The summed E-state index contributed by atoms with van der Waals surface area (Å²) in [6.07, 6.45) is 0.428. The summed E-state index contributed by atoms with van der Waals surface area (Å²) in [5.41, 5.74) is 2.50. The number of thioether (sulfide) groups is 1. The predicted octanol–water partition coefficient (Wildman–Crippen LogP) is 2.28. The van der Waals surface area contributed by atoms with Gasteiger partial charge in [0, 0.05) is 0 Å². The first-order valence-corrected chi connectivity index (χ1v) is 7.05. The lowest BCUT2D eigenvalue weighted by Gasteiger charge is -2.11. The van der Waals surface area contributed by atoms with Gasteiger partial charge in [-0.15, -0.1) is 5.10 Å². The summed E-state index contributed by atoms with van der Waals surface area (Å²) in [7, 11) is 0. The van der Waals surface area contributed by atoms with Crippen LogP contribution >= 0.6 is 11.8 Å². The van der Waals surface area contributed by atoms with Crippen molar-refractivity contribution in [1.29, 1.82) is 0 Å². The van der Waals surface area contributed by atoms with Crippen LogP contribution in [0, 0.1) is 13.8 Å². The highest BCUT2D eigenvalue weighted by atomic mass is 32.2. The quantitative estimate of drug-likeness (QED) is 0.851. The second kappa shape index (κ2) is 6.47. The van der Waals surface area contributed by atoms with Crippen LogP contribution in [0.1, 0.15) is 17.0 Å². The topological polar surface area (TPSA) is 76.0 Å². The average Bonchev–Trinajstić information content (AvgIpc) is 2.43. The Morgan fingerprint density at radius 2 is 1.90 bits per heavy atom. The number of carboxylic acids is 1. The van der Waals surface area contributed by atoms with Gasteiger partial charge in [-0.3, -0.25) is 4.79 Å². The third kappa shape index (κ3) is 3.77. The molecule has 0 bridgehead atoms. The molecule has 5 nitrogen and oxygen atoms in total. The molecule has 0 amide bonds. The molecule has 0 saturated heterocycles. The summed E-state index contributed by atoms with van der Waals surface area (Å²) < 4.78 is 0. The average molecular weight is 289 g/mol. The molecule has 0 saturated carbocycles. The highest BCUT2D eigenvalue weighted by molar-refractivity contribution is 8.00. The van der Waals surface area contributed by atoms with Crippen molar-refractivity contribution in [2.75, 3.05) is 0 Å². The molecule has 1 aromatic heterocycles. The first-order valence-electron chi connectivity index (χ1n) is 6.17. The third-order valence-corrected chi connectivity index (χ3v) is 3.90. The van der Waals surface area contributed by atoms with E-state index in [2.05, 4.69) is 15.2 Å². The molecule has 1 unspecified atom stereocenters. The molecule has 104 valence electrons. The number of nitrogens with zero attached hydrogens (tertiary/aromatic N) is 3. The van der Waals surface area contributed by atoms with E-state index in [1.807, 2.05) is 44.2 Å². The monoisotopic (exact) mass is 289 g/mol. The van der Waals surface area contributed by atoms with Crippen LogP contribution in [0.2, 0.25) is 0 Å². The van der Waals surface area contributed by atoms with Crippen LogP contribution in [0.4, 0.5) is 0 Å². The van der Waals surface area contributed by atoms with E-state index in [1.165, 1.54) is 0 Å². The fourth-order valence-electron chi connectivity index (χ4n) is 1.62. The molecule has 0 aliphatic rings. The maximum Gasteiger partial charge on any atom is 0.317 e. The van der Waals surface area contributed by atoms with Gasteiger partial charge < -0.3 is 5.11 Å². The molecule has 1 heterocycles. The SMILES string of the molecule is Cc1nnc(SC(Cc2ccccc2)C(=O)O)nc1C. The van der Waals surface area contributed by atoms with E-state index < -0.39 is 11.2 Å². The number of hydrogen-bond acceptors (Lipinski definition) is 5. The van der Waals surface area contributed by atoms with E-state index in [0.29, 0.717) is 11.6 Å². The van der Waals surface area contributed by atoms with Gasteiger partial charge in [0.05, 0.1) is 11.4 Å². The number of rotatable bonds is 5. The second-order valence-corrected chi connectivity index (χ2v) is 5.57. The molecule has 0 aliphatic heterocycles. The zero-order valence-corrected chi connectivity index (χ0v) is 12.1. The Morgan fingerprint density at radius 1 is 1.20 bits per heavy atom. The highest BCUT2D eigenvalue weighted by Gasteiger charge is 2.21. The van der Waals surface area contributed by atoms with E-state index in [1.54, 1.807) is 0 Å². The number of carboxylic acid groups (broad SMARTS) is 1. The fourth-order valence-corrected chi connectivity index (χ4v) is 2.53. The van der Waals surface area contributed by atoms with Crippen molar-refractivity contribution in [3.8, 4) is 0 Å². The Bertz CT molecular complexity index is 605. The minimum absolute atomic E-state index is 0.399. The third-order valence-electron chi connectivity index (χ3n) is 2.86. The van der Waals surface area contributed by atoms with Crippen LogP contribution in [0.15, 0.2) is 35.5 Å². The maximum absolute atomic E-state index is 11.4. The first-order chi connectivity index (χ1) is 9.56. The van der Waals surface area contributed by atoms with Gasteiger partial charge in [0.25, 0.3) is 0 Å². The maximum atomic E-state index is 11.4. The molecule has 1 atom stereocenters. The molecule has 1 N–H and O–H groups in total. The van der Waals surface area contributed by atoms with Gasteiger partial charge in [0.15, 0.2) is 0 Å². The van der Waals surface area contributed by atoms with Gasteiger partial charge >= 0.3 is 5.97 Å². The minimum atomic E-state index is -0.874. The molecule has 2 rings (SSSR count). The summed E-state index contributed by atoms with van der Waals surface area (Å²) in [5, 5.41) is 17.0. The summed E-state index contributed by atoms with van der Waals surface area (Å²) in [5.74, 6) is -0.874. The number of benzene rings is 1. The summed E-state index contributed by atoms with van der Waals surface area (Å²) in [6, 6.07) is 9.52. The van der Waals surface area contributed by atoms with Gasteiger partial charge in [-0.1, -0.05) is 42.1 Å². The van der Waals surface area contributed by atoms with Crippen molar-refractivity contribution in [1.82, 2.24) is 15.2 Å². The highest BCUT2D eigenvalue weighted by Crippen LogP contribution is 2.23. The molecule has 0 spiro atoms. The summed E-state index contributed by atoms with van der Waals surface area (Å²) in [6.45, 7) is 3.66. The lowest BCUT2D eigenvalue weighted by atomic mass is 10.1. The van der Waals surface area contributed by atoms with E-state index in [-0.39, 0.29) is 0 Å².